The van der Waals surface area contributed by atoms with Crippen LogP contribution in [0.3, 0.4) is 0 Å². The quantitative estimate of drug-likeness (QED) is 0.847. The Morgan fingerprint density at radius 3 is 2.81 bits per heavy atom. The molecule has 0 amide bonds. The minimum atomic E-state index is -0.725. The molecule has 2 N–H and O–H groups in total. The molecule has 1 aliphatic rings. The van der Waals surface area contributed by atoms with E-state index in [4.69, 9.17) is 0 Å². The summed E-state index contributed by atoms with van der Waals surface area (Å²) in [5.74, 6) is 0. The van der Waals surface area contributed by atoms with E-state index in [1.165, 1.54) is 32.1 Å². The monoisotopic (exact) mass is 239 g/mol. The number of nitrogens with one attached hydrogen (secondary N) is 1. The van der Waals surface area contributed by atoms with E-state index >= 15 is 0 Å². The smallest absolute Gasteiger partial charge is 0.1000 e. The summed E-state index contributed by atoms with van der Waals surface area (Å²) in [7, 11) is 0. The molecule has 2 nitrogen and oxygen atoms in total. The van der Waals surface area contributed by atoms with E-state index in [-0.39, 0.29) is 0 Å². The lowest BCUT2D eigenvalue weighted by Gasteiger charge is -2.28. The van der Waals surface area contributed by atoms with Crippen LogP contribution in [0, 0.1) is 0 Å². The predicted molar refractivity (Wildman–Crippen MR) is 68.8 cm³/mol. The largest absolute Gasteiger partial charge is 0.384 e. The summed E-state index contributed by atoms with van der Waals surface area (Å²) < 4.78 is 0. The highest BCUT2D eigenvalue weighted by atomic mass is 32.1. The van der Waals surface area contributed by atoms with E-state index in [0.717, 1.165) is 5.56 Å². The van der Waals surface area contributed by atoms with Crippen LogP contribution >= 0.6 is 11.3 Å². The average Bonchev–Trinajstić information content (AvgIpc) is 2.82. The van der Waals surface area contributed by atoms with Crippen LogP contribution in [0.4, 0.5) is 0 Å². The summed E-state index contributed by atoms with van der Waals surface area (Å²) in [4.78, 5) is 0. The van der Waals surface area contributed by atoms with E-state index in [9.17, 15) is 5.11 Å². The fourth-order valence-electron chi connectivity index (χ4n) is 2.32. The number of hydrogen-bond acceptors (Lipinski definition) is 3. The van der Waals surface area contributed by atoms with Gasteiger partial charge in [-0.1, -0.05) is 19.3 Å². The van der Waals surface area contributed by atoms with Crippen molar-refractivity contribution in [3.63, 3.8) is 0 Å². The van der Waals surface area contributed by atoms with Gasteiger partial charge in [0, 0.05) is 12.6 Å². The Kier molecular flexibility index (Phi) is 4.00. The van der Waals surface area contributed by atoms with Crippen molar-refractivity contribution in [3.8, 4) is 0 Å². The molecule has 0 saturated heterocycles. The molecule has 1 atom stereocenters. The zero-order valence-electron chi connectivity index (χ0n) is 9.91. The minimum Gasteiger partial charge on any atom is -0.384 e. The summed E-state index contributed by atoms with van der Waals surface area (Å²) in [5, 5.41) is 17.9. The van der Waals surface area contributed by atoms with Crippen molar-refractivity contribution < 1.29 is 5.11 Å². The first-order valence-corrected chi connectivity index (χ1v) is 7.11. The van der Waals surface area contributed by atoms with Gasteiger partial charge in [-0.3, -0.25) is 0 Å². The number of rotatable bonds is 4. The second-order valence-electron chi connectivity index (χ2n) is 5.00. The maximum Gasteiger partial charge on any atom is 0.1000 e. The van der Waals surface area contributed by atoms with Crippen LogP contribution in [0.5, 0.6) is 0 Å². The number of aliphatic hydroxyl groups is 1. The van der Waals surface area contributed by atoms with E-state index in [0.29, 0.717) is 12.6 Å². The highest BCUT2D eigenvalue weighted by molar-refractivity contribution is 7.08. The summed E-state index contributed by atoms with van der Waals surface area (Å²) in [6.45, 7) is 2.55. The minimum absolute atomic E-state index is 0.610. The van der Waals surface area contributed by atoms with Crippen molar-refractivity contribution in [2.45, 2.75) is 50.7 Å². The lowest BCUT2D eigenvalue weighted by atomic mass is 9.93. The van der Waals surface area contributed by atoms with Gasteiger partial charge in [0.05, 0.1) is 5.60 Å². The van der Waals surface area contributed by atoms with E-state index in [1.54, 1.807) is 11.3 Å². The van der Waals surface area contributed by atoms with E-state index < -0.39 is 5.60 Å². The predicted octanol–water partition coefficient (Wildman–Crippen LogP) is 2.88. The molecule has 0 bridgehead atoms. The lowest BCUT2D eigenvalue weighted by molar-refractivity contribution is 0.0526. The summed E-state index contributed by atoms with van der Waals surface area (Å²) in [6.07, 6.45) is 6.56. The van der Waals surface area contributed by atoms with Crippen LogP contribution in [0.25, 0.3) is 0 Å². The van der Waals surface area contributed by atoms with Gasteiger partial charge in [0.1, 0.15) is 0 Å². The molecule has 0 radical (unpaired) electrons. The molecule has 16 heavy (non-hydrogen) atoms. The SMILES string of the molecule is CC(O)(CNC1CCCCC1)c1ccsc1. The molecule has 1 saturated carbocycles. The van der Waals surface area contributed by atoms with Crippen molar-refractivity contribution in [3.05, 3.63) is 22.4 Å². The molecular weight excluding hydrogens is 218 g/mol. The summed E-state index contributed by atoms with van der Waals surface area (Å²) >= 11 is 1.64. The van der Waals surface area contributed by atoms with E-state index in [2.05, 4.69) is 5.32 Å². The fraction of sp³-hybridized carbons (Fsp3) is 0.692. The first-order chi connectivity index (χ1) is 7.68. The van der Waals surface area contributed by atoms with Gasteiger partial charge in [0.25, 0.3) is 0 Å². The third-order valence-electron chi connectivity index (χ3n) is 3.48. The number of thiophene rings is 1. The first-order valence-electron chi connectivity index (χ1n) is 6.17. The van der Waals surface area contributed by atoms with Crippen LogP contribution in [-0.4, -0.2) is 17.7 Å². The van der Waals surface area contributed by atoms with Gasteiger partial charge >= 0.3 is 0 Å². The molecule has 1 aromatic rings. The Balaban J connectivity index is 1.84. The second kappa shape index (κ2) is 5.30. The van der Waals surface area contributed by atoms with Gasteiger partial charge in [-0.25, -0.2) is 0 Å². The molecule has 2 rings (SSSR count). The van der Waals surface area contributed by atoms with Crippen molar-refractivity contribution >= 4 is 11.3 Å². The molecule has 1 fully saturated rings. The maximum atomic E-state index is 10.3. The van der Waals surface area contributed by atoms with Crippen LogP contribution in [-0.2, 0) is 5.60 Å². The first kappa shape index (κ1) is 12.1. The Hall–Kier alpha value is -0.380. The zero-order valence-corrected chi connectivity index (χ0v) is 10.7. The van der Waals surface area contributed by atoms with Crippen molar-refractivity contribution in [2.24, 2.45) is 0 Å². The lowest BCUT2D eigenvalue weighted by Crippen LogP contribution is -2.41. The molecule has 0 aliphatic heterocycles. The van der Waals surface area contributed by atoms with Crippen molar-refractivity contribution in [1.29, 1.82) is 0 Å². The topological polar surface area (TPSA) is 32.3 Å². The fourth-order valence-corrected chi connectivity index (χ4v) is 3.11. The Morgan fingerprint density at radius 1 is 1.44 bits per heavy atom. The summed E-state index contributed by atoms with van der Waals surface area (Å²) in [6, 6.07) is 2.62. The van der Waals surface area contributed by atoms with E-state index in [1.807, 2.05) is 23.8 Å². The summed E-state index contributed by atoms with van der Waals surface area (Å²) in [5.41, 5.74) is 0.304. The molecule has 1 unspecified atom stereocenters. The van der Waals surface area contributed by atoms with Gasteiger partial charge in [0.15, 0.2) is 0 Å². The van der Waals surface area contributed by atoms with Gasteiger partial charge in [0.2, 0.25) is 0 Å². The van der Waals surface area contributed by atoms with Crippen LogP contribution < -0.4 is 5.32 Å². The van der Waals surface area contributed by atoms with Gasteiger partial charge in [-0.2, -0.15) is 11.3 Å². The maximum absolute atomic E-state index is 10.3. The highest BCUT2D eigenvalue weighted by Crippen LogP contribution is 2.23. The molecule has 0 spiro atoms. The van der Waals surface area contributed by atoms with Crippen LogP contribution in [0.15, 0.2) is 16.8 Å². The molecular formula is C13H21NOS. The van der Waals surface area contributed by atoms with Crippen LogP contribution in [0.2, 0.25) is 0 Å². The van der Waals surface area contributed by atoms with Gasteiger partial charge < -0.3 is 10.4 Å². The van der Waals surface area contributed by atoms with Crippen LogP contribution in [0.1, 0.15) is 44.6 Å². The third-order valence-corrected chi connectivity index (χ3v) is 4.17. The molecule has 0 aromatic carbocycles. The highest BCUT2D eigenvalue weighted by Gasteiger charge is 2.24. The Morgan fingerprint density at radius 2 is 2.19 bits per heavy atom. The third kappa shape index (κ3) is 3.06. The molecule has 1 heterocycles. The van der Waals surface area contributed by atoms with Crippen molar-refractivity contribution in [2.75, 3.05) is 6.54 Å². The normalized spacial score (nSPS) is 21.9. The Labute approximate surface area is 102 Å². The molecule has 90 valence electrons. The molecule has 1 aliphatic carbocycles. The van der Waals surface area contributed by atoms with Crippen molar-refractivity contribution in [1.82, 2.24) is 5.32 Å². The second-order valence-corrected chi connectivity index (χ2v) is 5.78. The number of hydrogen-bond donors (Lipinski definition) is 2. The average molecular weight is 239 g/mol. The van der Waals surface area contributed by atoms with Gasteiger partial charge in [-0.15, -0.1) is 0 Å². The molecule has 3 heteroatoms. The standard InChI is InChI=1S/C13H21NOS/c1-13(15,11-7-8-16-9-11)10-14-12-5-3-2-4-6-12/h7-9,12,14-15H,2-6,10H2,1H3. The zero-order chi connectivity index (χ0) is 11.4. The molecule has 1 aromatic heterocycles. The van der Waals surface area contributed by atoms with Gasteiger partial charge in [-0.05, 0) is 42.2 Å². The Bertz CT molecular complexity index is 302.